The predicted octanol–water partition coefficient (Wildman–Crippen LogP) is 4.26. The topological polar surface area (TPSA) is 26.0 Å². The van der Waals surface area contributed by atoms with Crippen LogP contribution in [0.1, 0.15) is 10.4 Å². The van der Waals surface area contributed by atoms with Gasteiger partial charge in [0.15, 0.2) is 0 Å². The maximum atomic E-state index is 5.62. The lowest BCUT2D eigenvalue weighted by Crippen LogP contribution is -1.95. The average molecular weight is 314 g/mol. The third-order valence-corrected chi connectivity index (χ3v) is 5.32. The van der Waals surface area contributed by atoms with Gasteiger partial charge in [0.1, 0.15) is 0 Å². The molecule has 2 N–H and O–H groups in total. The summed E-state index contributed by atoms with van der Waals surface area (Å²) in [5.41, 5.74) is 6.81. The number of nitrogens with two attached hydrogens (primary N) is 1. The number of halogens is 1. The molecule has 0 fully saturated rings. The number of thioether (sulfide) groups is 1. The SMILES string of the molecule is NCc1cccc(SCc2sccc2Br)c1. The van der Waals surface area contributed by atoms with E-state index in [9.17, 15) is 0 Å². The van der Waals surface area contributed by atoms with E-state index in [1.165, 1.54) is 19.8 Å². The van der Waals surface area contributed by atoms with E-state index in [0.717, 1.165) is 5.75 Å². The summed E-state index contributed by atoms with van der Waals surface area (Å²) in [4.78, 5) is 2.66. The first kappa shape index (κ1) is 12.2. The highest BCUT2D eigenvalue weighted by molar-refractivity contribution is 9.10. The minimum Gasteiger partial charge on any atom is -0.326 e. The molecule has 0 saturated heterocycles. The van der Waals surface area contributed by atoms with Crippen molar-refractivity contribution in [2.75, 3.05) is 0 Å². The molecule has 0 radical (unpaired) electrons. The standard InChI is InChI=1S/C12H12BrNS2/c13-11-4-5-15-12(11)8-16-10-3-1-2-9(6-10)7-14/h1-6H,7-8,14H2. The Kier molecular flexibility index (Phi) is 4.46. The Hall–Kier alpha value is -0.290. The Balaban J connectivity index is 2.02. The zero-order chi connectivity index (χ0) is 11.4. The highest BCUT2D eigenvalue weighted by atomic mass is 79.9. The van der Waals surface area contributed by atoms with Crippen molar-refractivity contribution in [3.63, 3.8) is 0 Å². The van der Waals surface area contributed by atoms with Gasteiger partial charge in [-0.1, -0.05) is 12.1 Å². The molecule has 0 aliphatic carbocycles. The number of rotatable bonds is 4. The molecule has 0 atom stereocenters. The molecule has 84 valence electrons. The van der Waals surface area contributed by atoms with Crippen molar-refractivity contribution in [1.29, 1.82) is 0 Å². The van der Waals surface area contributed by atoms with E-state index in [1.54, 1.807) is 11.3 Å². The van der Waals surface area contributed by atoms with Gasteiger partial charge in [0, 0.05) is 26.5 Å². The molecule has 4 heteroatoms. The summed E-state index contributed by atoms with van der Waals surface area (Å²) in [5.74, 6) is 1.01. The van der Waals surface area contributed by atoms with Crippen LogP contribution in [0.15, 0.2) is 45.1 Å². The molecule has 0 spiro atoms. The normalized spacial score (nSPS) is 10.6. The Morgan fingerprint density at radius 2 is 2.19 bits per heavy atom. The predicted molar refractivity (Wildman–Crippen MR) is 75.9 cm³/mol. The van der Waals surface area contributed by atoms with Crippen molar-refractivity contribution >= 4 is 39.0 Å². The van der Waals surface area contributed by atoms with Crippen molar-refractivity contribution in [3.8, 4) is 0 Å². The fourth-order valence-corrected chi connectivity index (χ4v) is 4.11. The van der Waals surface area contributed by atoms with E-state index in [0.29, 0.717) is 6.54 Å². The minimum atomic E-state index is 0.608. The summed E-state index contributed by atoms with van der Waals surface area (Å²) in [5, 5.41) is 2.11. The average Bonchev–Trinajstić information content (AvgIpc) is 2.72. The smallest absolute Gasteiger partial charge is 0.0337 e. The second-order valence-electron chi connectivity index (χ2n) is 3.33. The number of hydrogen-bond acceptors (Lipinski definition) is 3. The van der Waals surface area contributed by atoms with Crippen molar-refractivity contribution in [1.82, 2.24) is 0 Å². The molecule has 0 aliphatic rings. The first-order valence-corrected chi connectivity index (χ1v) is 7.59. The fraction of sp³-hybridized carbons (Fsp3) is 0.167. The van der Waals surface area contributed by atoms with Crippen LogP contribution in [0.4, 0.5) is 0 Å². The van der Waals surface area contributed by atoms with Crippen molar-refractivity contribution in [3.05, 3.63) is 50.6 Å². The first-order chi connectivity index (χ1) is 7.79. The van der Waals surface area contributed by atoms with Crippen LogP contribution in [0.25, 0.3) is 0 Å². The molecule has 1 heterocycles. The minimum absolute atomic E-state index is 0.608. The Bertz CT molecular complexity index is 468. The molecule has 2 rings (SSSR count). The van der Waals surface area contributed by atoms with E-state index >= 15 is 0 Å². The quantitative estimate of drug-likeness (QED) is 0.853. The van der Waals surface area contributed by atoms with Crippen LogP contribution in [0.5, 0.6) is 0 Å². The lowest BCUT2D eigenvalue weighted by molar-refractivity contribution is 1.06. The summed E-state index contributed by atoms with van der Waals surface area (Å²) in [6.45, 7) is 0.608. The molecule has 0 unspecified atom stereocenters. The Morgan fingerprint density at radius 3 is 2.88 bits per heavy atom. The molecule has 16 heavy (non-hydrogen) atoms. The summed E-state index contributed by atoms with van der Waals surface area (Å²) < 4.78 is 1.21. The zero-order valence-electron chi connectivity index (χ0n) is 8.65. The van der Waals surface area contributed by atoms with Gasteiger partial charge in [-0.15, -0.1) is 23.1 Å². The van der Waals surface area contributed by atoms with Gasteiger partial charge in [-0.3, -0.25) is 0 Å². The molecule has 0 bridgehead atoms. The van der Waals surface area contributed by atoms with E-state index < -0.39 is 0 Å². The Morgan fingerprint density at radius 1 is 1.31 bits per heavy atom. The maximum Gasteiger partial charge on any atom is 0.0337 e. The fourth-order valence-electron chi connectivity index (χ4n) is 1.34. The van der Waals surface area contributed by atoms with Gasteiger partial charge in [-0.2, -0.15) is 0 Å². The van der Waals surface area contributed by atoms with E-state index in [4.69, 9.17) is 5.73 Å². The first-order valence-electron chi connectivity index (χ1n) is 4.93. The summed E-state index contributed by atoms with van der Waals surface area (Å²) in [6.07, 6.45) is 0. The zero-order valence-corrected chi connectivity index (χ0v) is 11.9. The van der Waals surface area contributed by atoms with E-state index in [2.05, 4.69) is 51.6 Å². The third-order valence-electron chi connectivity index (χ3n) is 2.20. The van der Waals surface area contributed by atoms with Crippen LogP contribution >= 0.6 is 39.0 Å². The molecular formula is C12H12BrNS2. The van der Waals surface area contributed by atoms with Gasteiger partial charge >= 0.3 is 0 Å². The van der Waals surface area contributed by atoms with Crippen LogP contribution in [0.3, 0.4) is 0 Å². The number of benzene rings is 1. The van der Waals surface area contributed by atoms with Crippen molar-refractivity contribution in [2.24, 2.45) is 5.73 Å². The number of thiophene rings is 1. The van der Waals surface area contributed by atoms with Gasteiger partial charge < -0.3 is 5.73 Å². The molecule has 0 saturated carbocycles. The van der Waals surface area contributed by atoms with Crippen LogP contribution in [0, 0.1) is 0 Å². The molecular weight excluding hydrogens is 302 g/mol. The van der Waals surface area contributed by atoms with Gasteiger partial charge in [0.2, 0.25) is 0 Å². The molecule has 1 nitrogen and oxygen atoms in total. The molecule has 1 aromatic carbocycles. The highest BCUT2D eigenvalue weighted by Crippen LogP contribution is 2.30. The monoisotopic (exact) mass is 313 g/mol. The van der Waals surface area contributed by atoms with Gasteiger partial charge in [0.05, 0.1) is 0 Å². The maximum absolute atomic E-state index is 5.62. The molecule has 2 aromatic rings. The van der Waals surface area contributed by atoms with Crippen LogP contribution in [-0.2, 0) is 12.3 Å². The van der Waals surface area contributed by atoms with Gasteiger partial charge in [0.25, 0.3) is 0 Å². The molecule has 0 aliphatic heterocycles. The number of hydrogen-bond donors (Lipinski definition) is 1. The van der Waals surface area contributed by atoms with Crippen molar-refractivity contribution in [2.45, 2.75) is 17.2 Å². The van der Waals surface area contributed by atoms with Crippen molar-refractivity contribution < 1.29 is 0 Å². The summed E-state index contributed by atoms with van der Waals surface area (Å²) >= 11 is 7.18. The third kappa shape index (κ3) is 3.10. The summed E-state index contributed by atoms with van der Waals surface area (Å²) in [7, 11) is 0. The molecule has 0 amide bonds. The second kappa shape index (κ2) is 5.87. The van der Waals surface area contributed by atoms with Crippen LogP contribution in [-0.4, -0.2) is 0 Å². The van der Waals surface area contributed by atoms with E-state index in [-0.39, 0.29) is 0 Å². The largest absolute Gasteiger partial charge is 0.326 e. The lowest BCUT2D eigenvalue weighted by Gasteiger charge is -2.03. The van der Waals surface area contributed by atoms with Crippen LogP contribution in [0.2, 0.25) is 0 Å². The van der Waals surface area contributed by atoms with E-state index in [1.807, 2.05) is 11.8 Å². The molecule has 1 aromatic heterocycles. The second-order valence-corrected chi connectivity index (χ2v) is 6.24. The van der Waals surface area contributed by atoms with Gasteiger partial charge in [-0.05, 0) is 45.1 Å². The Labute approximate surface area is 112 Å². The van der Waals surface area contributed by atoms with Crippen LogP contribution < -0.4 is 5.73 Å². The highest BCUT2D eigenvalue weighted by Gasteiger charge is 2.02. The lowest BCUT2D eigenvalue weighted by atomic mass is 10.2. The summed E-state index contributed by atoms with van der Waals surface area (Å²) in [6, 6.07) is 10.5. The van der Waals surface area contributed by atoms with Gasteiger partial charge in [-0.25, -0.2) is 0 Å².